The summed E-state index contributed by atoms with van der Waals surface area (Å²) in [7, 11) is 1.37. The summed E-state index contributed by atoms with van der Waals surface area (Å²) >= 11 is 5.97. The van der Waals surface area contributed by atoms with Crippen LogP contribution in [0.15, 0.2) is 18.2 Å². The Kier molecular flexibility index (Phi) is 5.48. The fourth-order valence-electron chi connectivity index (χ4n) is 2.56. The first-order valence-electron chi connectivity index (χ1n) is 7.27. The van der Waals surface area contributed by atoms with Gasteiger partial charge in [0.25, 0.3) is 0 Å². The highest BCUT2D eigenvalue weighted by Gasteiger charge is 2.25. The molecule has 116 valence electrons. The third-order valence-electron chi connectivity index (χ3n) is 3.81. The molecule has 2 atom stereocenters. The number of hydrogen-bond acceptors (Lipinski definition) is 4. The fraction of sp³-hybridized carbons (Fsp3) is 0.562. The van der Waals surface area contributed by atoms with Gasteiger partial charge in [0, 0.05) is 23.4 Å². The van der Waals surface area contributed by atoms with Crippen molar-refractivity contribution in [2.75, 3.05) is 19.0 Å². The smallest absolute Gasteiger partial charge is 0.340 e. The quantitative estimate of drug-likeness (QED) is 0.860. The molecule has 2 unspecified atom stereocenters. The second kappa shape index (κ2) is 7.14. The van der Waals surface area contributed by atoms with Crippen molar-refractivity contribution in [2.45, 2.75) is 38.8 Å². The highest BCUT2D eigenvalue weighted by molar-refractivity contribution is 6.31. The molecule has 0 amide bonds. The van der Waals surface area contributed by atoms with Crippen molar-refractivity contribution in [2.24, 2.45) is 5.92 Å². The second-order valence-corrected chi connectivity index (χ2v) is 6.14. The van der Waals surface area contributed by atoms with E-state index in [1.807, 2.05) is 6.07 Å². The number of carbonyl (C=O) groups excluding carboxylic acids is 1. The van der Waals surface area contributed by atoms with E-state index in [9.17, 15) is 4.79 Å². The summed E-state index contributed by atoms with van der Waals surface area (Å²) in [6.45, 7) is 5.06. The highest BCUT2D eigenvalue weighted by atomic mass is 35.5. The van der Waals surface area contributed by atoms with E-state index in [2.05, 4.69) is 19.2 Å². The number of rotatable bonds is 4. The van der Waals surface area contributed by atoms with E-state index in [0.29, 0.717) is 16.5 Å². The van der Waals surface area contributed by atoms with E-state index >= 15 is 0 Å². The lowest BCUT2D eigenvalue weighted by atomic mass is 9.95. The number of ether oxygens (including phenoxy) is 2. The van der Waals surface area contributed by atoms with Crippen molar-refractivity contribution >= 4 is 23.3 Å². The van der Waals surface area contributed by atoms with Crippen molar-refractivity contribution in [3.05, 3.63) is 28.8 Å². The molecule has 1 aromatic rings. The summed E-state index contributed by atoms with van der Waals surface area (Å²) in [5, 5.41) is 3.96. The van der Waals surface area contributed by atoms with Gasteiger partial charge in [-0.15, -0.1) is 0 Å². The summed E-state index contributed by atoms with van der Waals surface area (Å²) in [4.78, 5) is 11.9. The van der Waals surface area contributed by atoms with E-state index in [-0.39, 0.29) is 18.1 Å². The first kappa shape index (κ1) is 16.1. The molecule has 1 aliphatic heterocycles. The molecule has 1 fully saturated rings. The normalized spacial score (nSPS) is 22.1. The average molecular weight is 312 g/mol. The van der Waals surface area contributed by atoms with E-state index in [1.54, 1.807) is 12.1 Å². The zero-order valence-electron chi connectivity index (χ0n) is 12.7. The molecule has 0 spiro atoms. The number of benzene rings is 1. The summed E-state index contributed by atoms with van der Waals surface area (Å²) in [5.74, 6) is 0.104. The zero-order chi connectivity index (χ0) is 15.4. The average Bonchev–Trinajstić information content (AvgIpc) is 2.48. The number of halogens is 1. The van der Waals surface area contributed by atoms with Crippen LogP contribution < -0.4 is 5.32 Å². The second-order valence-electron chi connectivity index (χ2n) is 5.70. The van der Waals surface area contributed by atoms with Crippen molar-refractivity contribution in [3.63, 3.8) is 0 Å². The van der Waals surface area contributed by atoms with E-state index in [0.717, 1.165) is 25.1 Å². The predicted molar refractivity (Wildman–Crippen MR) is 84.0 cm³/mol. The molecular formula is C16H22ClNO3. The van der Waals surface area contributed by atoms with E-state index in [4.69, 9.17) is 21.1 Å². The minimum absolute atomic E-state index is 0.255. The van der Waals surface area contributed by atoms with Gasteiger partial charge in [0.2, 0.25) is 0 Å². The third kappa shape index (κ3) is 4.11. The number of esters is 1. The van der Waals surface area contributed by atoms with Gasteiger partial charge >= 0.3 is 5.97 Å². The van der Waals surface area contributed by atoms with Crippen LogP contribution in [0.25, 0.3) is 0 Å². The molecule has 1 heterocycles. The lowest BCUT2D eigenvalue weighted by Gasteiger charge is -2.33. The molecule has 0 saturated carbocycles. The predicted octanol–water partition coefficient (Wildman–Crippen LogP) is 3.74. The third-order valence-corrected chi connectivity index (χ3v) is 4.04. The van der Waals surface area contributed by atoms with Gasteiger partial charge in [-0.05, 0) is 37.0 Å². The number of hydrogen-bond donors (Lipinski definition) is 1. The van der Waals surface area contributed by atoms with Crippen LogP contribution in [0.1, 0.15) is 37.0 Å². The summed E-state index contributed by atoms with van der Waals surface area (Å²) < 4.78 is 10.6. The molecule has 0 aliphatic carbocycles. The minimum atomic E-state index is -0.382. The van der Waals surface area contributed by atoms with E-state index in [1.165, 1.54) is 7.11 Å². The zero-order valence-corrected chi connectivity index (χ0v) is 13.4. The van der Waals surface area contributed by atoms with Crippen molar-refractivity contribution in [3.8, 4) is 0 Å². The molecule has 0 radical (unpaired) electrons. The van der Waals surface area contributed by atoms with Crippen LogP contribution in [-0.4, -0.2) is 31.8 Å². The molecule has 1 aromatic carbocycles. The molecule has 4 nitrogen and oxygen atoms in total. The Labute approximate surface area is 130 Å². The summed E-state index contributed by atoms with van der Waals surface area (Å²) in [5.41, 5.74) is 1.23. The maximum Gasteiger partial charge on any atom is 0.340 e. The van der Waals surface area contributed by atoms with Gasteiger partial charge in [0.15, 0.2) is 0 Å². The monoisotopic (exact) mass is 311 g/mol. The standard InChI is InChI=1S/C16H22ClNO3/c1-10(2)15-9-12(6-7-21-15)18-14-5-4-11(17)8-13(14)16(19)20-3/h4-5,8,10,12,15,18H,6-7,9H2,1-3H3. The van der Waals surface area contributed by atoms with Gasteiger partial charge in [-0.2, -0.15) is 0 Å². The summed E-state index contributed by atoms with van der Waals surface area (Å²) in [6, 6.07) is 5.52. The Morgan fingerprint density at radius 3 is 2.90 bits per heavy atom. The Bertz CT molecular complexity index is 504. The van der Waals surface area contributed by atoms with E-state index < -0.39 is 0 Å². The Morgan fingerprint density at radius 1 is 1.48 bits per heavy atom. The molecule has 2 rings (SSSR count). The Hall–Kier alpha value is -1.26. The van der Waals surface area contributed by atoms with Crippen molar-refractivity contribution in [1.82, 2.24) is 0 Å². The lowest BCUT2D eigenvalue weighted by molar-refractivity contribution is -0.0160. The van der Waals surface area contributed by atoms with Gasteiger partial charge in [-0.1, -0.05) is 25.4 Å². The van der Waals surface area contributed by atoms with Gasteiger partial charge in [0.05, 0.1) is 18.8 Å². The van der Waals surface area contributed by atoms with Crippen LogP contribution in [-0.2, 0) is 9.47 Å². The lowest BCUT2D eigenvalue weighted by Crippen LogP contribution is -2.37. The molecule has 1 saturated heterocycles. The number of anilines is 1. The fourth-order valence-corrected chi connectivity index (χ4v) is 2.74. The maximum absolute atomic E-state index is 11.9. The van der Waals surface area contributed by atoms with Gasteiger partial charge in [-0.3, -0.25) is 0 Å². The first-order chi connectivity index (χ1) is 10.0. The molecule has 0 bridgehead atoms. The topological polar surface area (TPSA) is 47.6 Å². The molecule has 1 aliphatic rings. The first-order valence-corrected chi connectivity index (χ1v) is 7.65. The number of methoxy groups -OCH3 is 1. The van der Waals surface area contributed by atoms with Gasteiger partial charge in [0.1, 0.15) is 0 Å². The maximum atomic E-state index is 11.9. The number of nitrogens with one attached hydrogen (secondary N) is 1. The minimum Gasteiger partial charge on any atom is -0.465 e. The Morgan fingerprint density at radius 2 is 2.24 bits per heavy atom. The number of carbonyl (C=O) groups is 1. The van der Waals surface area contributed by atoms with Crippen LogP contribution in [0.4, 0.5) is 5.69 Å². The summed E-state index contributed by atoms with van der Waals surface area (Å²) in [6.07, 6.45) is 2.11. The Balaban J connectivity index is 2.13. The molecule has 0 aromatic heterocycles. The molecular weight excluding hydrogens is 290 g/mol. The van der Waals surface area contributed by atoms with Crippen LogP contribution in [0.3, 0.4) is 0 Å². The molecule has 21 heavy (non-hydrogen) atoms. The molecule has 1 N–H and O–H groups in total. The van der Waals surface area contributed by atoms with Gasteiger partial charge < -0.3 is 14.8 Å². The van der Waals surface area contributed by atoms with Crippen LogP contribution in [0.2, 0.25) is 5.02 Å². The van der Waals surface area contributed by atoms with Crippen LogP contribution in [0, 0.1) is 5.92 Å². The largest absolute Gasteiger partial charge is 0.465 e. The van der Waals surface area contributed by atoms with Crippen molar-refractivity contribution in [1.29, 1.82) is 0 Å². The highest BCUT2D eigenvalue weighted by Crippen LogP contribution is 2.27. The van der Waals surface area contributed by atoms with Gasteiger partial charge in [-0.25, -0.2) is 4.79 Å². The SMILES string of the molecule is COC(=O)c1cc(Cl)ccc1NC1CCOC(C(C)C)C1. The molecule has 5 heteroatoms. The van der Waals surface area contributed by atoms with Crippen LogP contribution >= 0.6 is 11.6 Å². The van der Waals surface area contributed by atoms with Crippen molar-refractivity contribution < 1.29 is 14.3 Å². The van der Waals surface area contributed by atoms with Crippen LogP contribution in [0.5, 0.6) is 0 Å².